The summed E-state index contributed by atoms with van der Waals surface area (Å²) < 4.78 is 5.21. The number of anilines is 1. The van der Waals surface area contributed by atoms with E-state index in [1.807, 2.05) is 30.3 Å². The first kappa shape index (κ1) is 25.9. The van der Waals surface area contributed by atoms with Gasteiger partial charge < -0.3 is 25.4 Å². The largest absolute Gasteiger partial charge is 0.480 e. The highest BCUT2D eigenvalue weighted by Gasteiger charge is 2.30. The average molecular weight is 495 g/mol. The fourth-order valence-corrected chi connectivity index (χ4v) is 4.69. The van der Waals surface area contributed by atoms with Crippen molar-refractivity contribution in [2.24, 2.45) is 0 Å². The van der Waals surface area contributed by atoms with Crippen LogP contribution >= 0.6 is 0 Å². The maximum atomic E-state index is 12.2. The molecule has 1 atom stereocenters. The second-order valence-electron chi connectivity index (χ2n) is 9.76. The van der Waals surface area contributed by atoms with Crippen LogP contribution in [0.1, 0.15) is 55.3 Å². The summed E-state index contributed by atoms with van der Waals surface area (Å²) in [6, 6.07) is 13.7. The number of ether oxygens (including phenoxy) is 1. The predicted octanol–water partition coefficient (Wildman–Crippen LogP) is 4.04. The van der Waals surface area contributed by atoms with E-state index >= 15 is 0 Å². The van der Waals surface area contributed by atoms with Crippen molar-refractivity contribution in [1.29, 1.82) is 0 Å². The number of carboxylic acid groups (broad SMARTS) is 1. The van der Waals surface area contributed by atoms with Crippen LogP contribution in [0.4, 0.5) is 10.6 Å². The zero-order valence-electron chi connectivity index (χ0n) is 21.0. The van der Waals surface area contributed by atoms with Crippen LogP contribution in [0.3, 0.4) is 0 Å². The highest BCUT2D eigenvalue weighted by atomic mass is 16.5. The molecule has 8 heteroatoms. The molecule has 1 amide bonds. The van der Waals surface area contributed by atoms with Gasteiger partial charge >= 0.3 is 12.1 Å². The lowest BCUT2D eigenvalue weighted by Gasteiger charge is -2.24. The molecule has 0 bridgehead atoms. The van der Waals surface area contributed by atoms with Crippen molar-refractivity contribution < 1.29 is 19.4 Å². The maximum absolute atomic E-state index is 12.2. The summed E-state index contributed by atoms with van der Waals surface area (Å²) in [6.07, 6.45) is 7.89. The molecule has 1 fully saturated rings. The van der Waals surface area contributed by atoms with E-state index in [1.165, 1.54) is 12.0 Å². The van der Waals surface area contributed by atoms with Gasteiger partial charge in [0, 0.05) is 31.2 Å². The SMILES string of the molecule is O=C(NC(CCN(CCCCc1ccc2c(n1)NCCC2)C1CC1)C(=O)O)OCCc1ccccc1. The maximum Gasteiger partial charge on any atom is 0.407 e. The summed E-state index contributed by atoms with van der Waals surface area (Å²) in [5.41, 5.74) is 3.51. The Labute approximate surface area is 213 Å². The Bertz CT molecular complexity index is 996. The Hall–Kier alpha value is -3.13. The Kier molecular flexibility index (Phi) is 9.55. The first-order valence-electron chi connectivity index (χ1n) is 13.3. The highest BCUT2D eigenvalue weighted by Crippen LogP contribution is 2.27. The Morgan fingerprint density at radius 2 is 1.94 bits per heavy atom. The number of carboxylic acids is 1. The normalized spacial score (nSPS) is 15.6. The van der Waals surface area contributed by atoms with Gasteiger partial charge in [-0.25, -0.2) is 14.6 Å². The predicted molar refractivity (Wildman–Crippen MR) is 139 cm³/mol. The lowest BCUT2D eigenvalue weighted by Crippen LogP contribution is -2.44. The molecule has 1 aromatic heterocycles. The number of rotatable bonds is 14. The van der Waals surface area contributed by atoms with Crippen LogP contribution in [0.25, 0.3) is 0 Å². The third-order valence-corrected chi connectivity index (χ3v) is 6.91. The third-order valence-electron chi connectivity index (χ3n) is 6.91. The molecule has 2 aromatic rings. The fraction of sp³-hybridized carbons (Fsp3) is 0.536. The van der Waals surface area contributed by atoms with Crippen molar-refractivity contribution in [2.75, 3.05) is 31.6 Å². The van der Waals surface area contributed by atoms with Gasteiger partial charge in [-0.1, -0.05) is 36.4 Å². The van der Waals surface area contributed by atoms with Gasteiger partial charge in [-0.05, 0) is 75.1 Å². The van der Waals surface area contributed by atoms with Crippen LogP contribution < -0.4 is 10.6 Å². The van der Waals surface area contributed by atoms with E-state index in [0.29, 0.717) is 25.4 Å². The average Bonchev–Trinajstić information content (AvgIpc) is 3.73. The van der Waals surface area contributed by atoms with Gasteiger partial charge in [0.1, 0.15) is 11.9 Å². The standard InChI is InChI=1S/C28H38N4O4/c33-27(34)25(31-28(35)36-20-16-21-7-2-1-3-8-21)15-19-32(24-13-14-24)18-5-4-10-23-12-11-22-9-6-17-29-26(22)30-23/h1-3,7-8,11-12,24-25H,4-6,9-10,13-20H2,(H,29,30)(H,31,35)(H,33,34). The van der Waals surface area contributed by atoms with Crippen LogP contribution in [-0.2, 0) is 28.8 Å². The van der Waals surface area contributed by atoms with Gasteiger partial charge in [0.25, 0.3) is 0 Å². The smallest absolute Gasteiger partial charge is 0.407 e. The molecule has 1 saturated carbocycles. The van der Waals surface area contributed by atoms with Crippen molar-refractivity contribution in [3.8, 4) is 0 Å². The molecular weight excluding hydrogens is 456 g/mol. The number of pyridine rings is 1. The molecule has 1 unspecified atom stereocenters. The van der Waals surface area contributed by atoms with E-state index in [4.69, 9.17) is 9.72 Å². The van der Waals surface area contributed by atoms with Crippen molar-refractivity contribution in [2.45, 2.75) is 69.9 Å². The minimum atomic E-state index is -1.03. The second kappa shape index (κ2) is 13.3. The van der Waals surface area contributed by atoms with Crippen LogP contribution in [0, 0.1) is 0 Å². The van der Waals surface area contributed by atoms with Gasteiger partial charge in [-0.2, -0.15) is 0 Å². The number of fused-ring (bicyclic) bond motifs is 1. The summed E-state index contributed by atoms with van der Waals surface area (Å²) in [5.74, 6) is 0.0158. The first-order valence-corrected chi connectivity index (χ1v) is 13.3. The van der Waals surface area contributed by atoms with E-state index in [-0.39, 0.29) is 6.61 Å². The number of amides is 1. The lowest BCUT2D eigenvalue weighted by molar-refractivity contribution is -0.139. The van der Waals surface area contributed by atoms with Crippen molar-refractivity contribution in [3.05, 3.63) is 59.3 Å². The van der Waals surface area contributed by atoms with Gasteiger partial charge in [0.15, 0.2) is 0 Å². The van der Waals surface area contributed by atoms with Crippen LogP contribution in [0.2, 0.25) is 0 Å². The summed E-state index contributed by atoms with van der Waals surface area (Å²) in [6.45, 7) is 2.79. The number of benzene rings is 1. The highest BCUT2D eigenvalue weighted by molar-refractivity contribution is 5.79. The Balaban J connectivity index is 1.16. The zero-order chi connectivity index (χ0) is 25.2. The molecular formula is C28H38N4O4. The van der Waals surface area contributed by atoms with Crippen LogP contribution in [0.5, 0.6) is 0 Å². The van der Waals surface area contributed by atoms with E-state index in [2.05, 4.69) is 27.7 Å². The Morgan fingerprint density at radius 1 is 1.11 bits per heavy atom. The lowest BCUT2D eigenvalue weighted by atomic mass is 10.1. The summed E-state index contributed by atoms with van der Waals surface area (Å²) in [7, 11) is 0. The number of hydrogen-bond acceptors (Lipinski definition) is 6. The third kappa shape index (κ3) is 8.22. The minimum absolute atomic E-state index is 0.214. The number of carbonyl (C=O) groups is 2. The molecule has 8 nitrogen and oxygen atoms in total. The second-order valence-corrected chi connectivity index (χ2v) is 9.76. The number of aryl methyl sites for hydroxylation is 2. The molecule has 0 saturated heterocycles. The summed E-state index contributed by atoms with van der Waals surface area (Å²) >= 11 is 0. The molecule has 0 radical (unpaired) electrons. The number of aromatic nitrogens is 1. The summed E-state index contributed by atoms with van der Waals surface area (Å²) in [5, 5.41) is 15.5. The molecule has 2 heterocycles. The minimum Gasteiger partial charge on any atom is -0.480 e. The molecule has 36 heavy (non-hydrogen) atoms. The number of aliphatic carboxylic acids is 1. The van der Waals surface area contributed by atoms with Crippen molar-refractivity contribution >= 4 is 17.9 Å². The van der Waals surface area contributed by atoms with E-state index in [1.54, 1.807) is 0 Å². The van der Waals surface area contributed by atoms with Crippen molar-refractivity contribution in [3.63, 3.8) is 0 Å². The molecule has 4 rings (SSSR count). The topological polar surface area (TPSA) is 104 Å². The number of nitrogens with zero attached hydrogens (tertiary/aromatic N) is 2. The van der Waals surface area contributed by atoms with Gasteiger partial charge in [-0.3, -0.25) is 0 Å². The van der Waals surface area contributed by atoms with Gasteiger partial charge in [0.05, 0.1) is 6.61 Å². The monoisotopic (exact) mass is 494 g/mol. The van der Waals surface area contributed by atoms with Gasteiger partial charge in [0.2, 0.25) is 0 Å². The first-order chi connectivity index (χ1) is 17.6. The van der Waals surface area contributed by atoms with E-state index in [0.717, 1.165) is 68.7 Å². The molecule has 1 aromatic carbocycles. The van der Waals surface area contributed by atoms with Crippen molar-refractivity contribution in [1.82, 2.24) is 15.2 Å². The molecule has 194 valence electrons. The zero-order valence-corrected chi connectivity index (χ0v) is 21.0. The summed E-state index contributed by atoms with van der Waals surface area (Å²) in [4.78, 5) is 31.1. The molecule has 0 spiro atoms. The number of alkyl carbamates (subject to hydrolysis) is 1. The van der Waals surface area contributed by atoms with Gasteiger partial charge in [-0.15, -0.1) is 0 Å². The molecule has 1 aliphatic heterocycles. The number of hydrogen-bond donors (Lipinski definition) is 3. The number of carbonyl (C=O) groups excluding carboxylic acids is 1. The number of unbranched alkanes of at least 4 members (excludes halogenated alkanes) is 1. The molecule has 2 aliphatic rings. The van der Waals surface area contributed by atoms with E-state index in [9.17, 15) is 14.7 Å². The number of nitrogens with one attached hydrogen (secondary N) is 2. The van der Waals surface area contributed by atoms with Crippen LogP contribution in [-0.4, -0.2) is 65.4 Å². The Morgan fingerprint density at radius 3 is 2.72 bits per heavy atom. The fourth-order valence-electron chi connectivity index (χ4n) is 4.69. The van der Waals surface area contributed by atoms with Crippen LogP contribution in [0.15, 0.2) is 42.5 Å². The van der Waals surface area contributed by atoms with E-state index < -0.39 is 18.1 Å². The quantitative estimate of drug-likeness (QED) is 0.341. The molecule has 3 N–H and O–H groups in total. The molecule has 1 aliphatic carbocycles.